The van der Waals surface area contributed by atoms with Gasteiger partial charge in [-0.3, -0.25) is 9.69 Å². The first-order chi connectivity index (χ1) is 15.3. The molecule has 8 heteroatoms. The highest BCUT2D eigenvalue weighted by Gasteiger charge is 2.38. The molecule has 2 heterocycles. The van der Waals surface area contributed by atoms with Gasteiger partial charge in [-0.05, 0) is 66.5 Å². The number of tetrazole rings is 1. The molecule has 2 atom stereocenters. The maximum atomic E-state index is 13.2. The number of halogens is 1. The Hall–Kier alpha value is -2.25. The summed E-state index contributed by atoms with van der Waals surface area (Å²) in [6.45, 7) is 9.04. The summed E-state index contributed by atoms with van der Waals surface area (Å²) in [4.78, 5) is 15.5. The predicted molar refractivity (Wildman–Crippen MR) is 125 cm³/mol. The first kappa shape index (κ1) is 22.9. The zero-order valence-corrected chi connectivity index (χ0v) is 20.0. The van der Waals surface area contributed by atoms with Crippen molar-refractivity contribution in [2.24, 2.45) is 5.41 Å². The summed E-state index contributed by atoms with van der Waals surface area (Å²) in [7, 11) is 0. The Morgan fingerprint density at radius 3 is 2.84 bits per heavy atom. The standard InChI is InChI=1S/C24H33ClN6O/c1-17-7-6-11-24(2,3)20(17)10-12-30-15-19(31-16-27-28-29-31)13-22(30)23(32)26-14-18-8-4-5-9-21(18)25/h4-5,8-9,16,19,22H,6-7,10-15H2,1-3H3,(H,26,32)/t19-,22-/m0/s1. The van der Waals surface area contributed by atoms with Gasteiger partial charge < -0.3 is 5.32 Å². The van der Waals surface area contributed by atoms with Crippen molar-refractivity contribution < 1.29 is 4.79 Å². The van der Waals surface area contributed by atoms with Gasteiger partial charge in [-0.1, -0.05) is 54.8 Å². The average molecular weight is 457 g/mol. The van der Waals surface area contributed by atoms with Crippen molar-refractivity contribution in [3.8, 4) is 0 Å². The van der Waals surface area contributed by atoms with Crippen molar-refractivity contribution in [1.82, 2.24) is 30.4 Å². The molecule has 1 aliphatic carbocycles. The molecular weight excluding hydrogens is 424 g/mol. The molecule has 1 fully saturated rings. The lowest BCUT2D eigenvalue weighted by Crippen LogP contribution is -2.43. The van der Waals surface area contributed by atoms with Crippen LogP contribution < -0.4 is 5.32 Å². The second-order valence-corrected chi connectivity index (χ2v) is 10.2. The van der Waals surface area contributed by atoms with E-state index in [2.05, 4.69) is 46.5 Å². The van der Waals surface area contributed by atoms with Gasteiger partial charge >= 0.3 is 0 Å². The summed E-state index contributed by atoms with van der Waals surface area (Å²) in [5.41, 5.74) is 4.25. The van der Waals surface area contributed by atoms with E-state index in [1.165, 1.54) is 24.8 Å². The number of nitrogens with zero attached hydrogens (tertiary/aromatic N) is 5. The molecule has 0 unspecified atom stereocenters. The van der Waals surface area contributed by atoms with Crippen LogP contribution in [0.2, 0.25) is 5.02 Å². The molecule has 2 aliphatic rings. The van der Waals surface area contributed by atoms with Crippen molar-refractivity contribution in [3.05, 3.63) is 52.3 Å². The molecule has 1 amide bonds. The van der Waals surface area contributed by atoms with Crippen molar-refractivity contribution >= 4 is 17.5 Å². The van der Waals surface area contributed by atoms with Crippen LogP contribution in [0, 0.1) is 5.41 Å². The molecule has 32 heavy (non-hydrogen) atoms. The molecule has 1 N–H and O–H groups in total. The minimum absolute atomic E-state index is 0.0362. The van der Waals surface area contributed by atoms with E-state index in [-0.39, 0.29) is 23.4 Å². The Bertz CT molecular complexity index is 971. The van der Waals surface area contributed by atoms with Crippen LogP contribution in [0.5, 0.6) is 0 Å². The van der Waals surface area contributed by atoms with Gasteiger partial charge in [-0.25, -0.2) is 4.68 Å². The number of allylic oxidation sites excluding steroid dienone is 1. The second-order valence-electron chi connectivity index (χ2n) is 9.75. The molecule has 7 nitrogen and oxygen atoms in total. The molecule has 1 aromatic carbocycles. The summed E-state index contributed by atoms with van der Waals surface area (Å²) < 4.78 is 1.78. The molecule has 0 spiro atoms. The molecule has 172 valence electrons. The number of amides is 1. The molecule has 1 aliphatic heterocycles. The third-order valence-electron chi connectivity index (χ3n) is 7.17. The average Bonchev–Trinajstić information content (AvgIpc) is 3.42. The summed E-state index contributed by atoms with van der Waals surface area (Å²) in [5.74, 6) is 0.0362. The van der Waals surface area contributed by atoms with Crippen LogP contribution in [0.3, 0.4) is 0 Å². The highest BCUT2D eigenvalue weighted by Crippen LogP contribution is 2.42. The molecule has 4 rings (SSSR count). The smallest absolute Gasteiger partial charge is 0.237 e. The predicted octanol–water partition coefficient (Wildman–Crippen LogP) is 4.18. The summed E-state index contributed by atoms with van der Waals surface area (Å²) in [6, 6.07) is 7.51. The van der Waals surface area contributed by atoms with Crippen LogP contribution in [0.4, 0.5) is 0 Å². The van der Waals surface area contributed by atoms with E-state index in [1.54, 1.807) is 16.6 Å². The van der Waals surface area contributed by atoms with Crippen LogP contribution in [0.15, 0.2) is 41.7 Å². The van der Waals surface area contributed by atoms with Gasteiger partial charge in [0.1, 0.15) is 6.33 Å². The normalized spacial score (nSPS) is 23.5. The fraction of sp³-hybridized carbons (Fsp3) is 0.583. The lowest BCUT2D eigenvalue weighted by molar-refractivity contribution is -0.125. The summed E-state index contributed by atoms with van der Waals surface area (Å²) >= 11 is 6.27. The van der Waals surface area contributed by atoms with Gasteiger partial charge in [0.15, 0.2) is 0 Å². The maximum absolute atomic E-state index is 13.2. The first-order valence-corrected chi connectivity index (χ1v) is 11.9. The van der Waals surface area contributed by atoms with E-state index in [0.29, 0.717) is 18.0 Å². The minimum Gasteiger partial charge on any atom is -0.351 e. The highest BCUT2D eigenvalue weighted by molar-refractivity contribution is 6.31. The number of hydrogen-bond donors (Lipinski definition) is 1. The Kier molecular flexibility index (Phi) is 6.96. The number of nitrogens with one attached hydrogen (secondary N) is 1. The monoisotopic (exact) mass is 456 g/mol. The minimum atomic E-state index is -0.209. The molecule has 0 radical (unpaired) electrons. The fourth-order valence-corrected chi connectivity index (χ4v) is 5.55. The van der Waals surface area contributed by atoms with Gasteiger partial charge in [-0.2, -0.15) is 0 Å². The quantitative estimate of drug-likeness (QED) is 0.632. The van der Waals surface area contributed by atoms with Gasteiger partial charge in [0.2, 0.25) is 5.91 Å². The zero-order chi connectivity index (χ0) is 22.7. The number of benzene rings is 1. The summed E-state index contributed by atoms with van der Waals surface area (Å²) in [6.07, 6.45) is 7.02. The second kappa shape index (κ2) is 9.71. The highest BCUT2D eigenvalue weighted by atomic mass is 35.5. The van der Waals surface area contributed by atoms with Crippen LogP contribution in [-0.4, -0.2) is 50.1 Å². The van der Waals surface area contributed by atoms with Crippen LogP contribution in [0.25, 0.3) is 0 Å². The van der Waals surface area contributed by atoms with Crippen LogP contribution in [0.1, 0.15) is 64.5 Å². The topological polar surface area (TPSA) is 75.9 Å². The third kappa shape index (κ3) is 5.04. The lowest BCUT2D eigenvalue weighted by atomic mass is 9.71. The Balaban J connectivity index is 1.46. The molecule has 0 saturated carbocycles. The van der Waals surface area contributed by atoms with E-state index < -0.39 is 0 Å². The van der Waals surface area contributed by atoms with Gasteiger partial charge in [0, 0.05) is 24.7 Å². The fourth-order valence-electron chi connectivity index (χ4n) is 5.35. The molecule has 2 aromatic rings. The zero-order valence-electron chi connectivity index (χ0n) is 19.2. The maximum Gasteiger partial charge on any atom is 0.237 e. The number of aromatic nitrogens is 4. The van der Waals surface area contributed by atoms with E-state index in [0.717, 1.165) is 25.1 Å². The lowest BCUT2D eigenvalue weighted by Gasteiger charge is -2.36. The molecule has 1 aromatic heterocycles. The molecule has 1 saturated heterocycles. The molecular formula is C24H33ClN6O. The molecule has 0 bridgehead atoms. The van der Waals surface area contributed by atoms with Crippen molar-refractivity contribution in [2.45, 2.75) is 71.5 Å². The van der Waals surface area contributed by atoms with E-state index in [9.17, 15) is 4.79 Å². The number of rotatable bonds is 7. The van der Waals surface area contributed by atoms with Gasteiger partial charge in [-0.15, -0.1) is 5.10 Å². The SMILES string of the molecule is CC1=C(CCN2C[C@@H](n3cnnn3)C[C@H]2C(=O)NCc2ccccc2Cl)C(C)(C)CCC1. The number of hydrogen-bond acceptors (Lipinski definition) is 5. The van der Waals surface area contributed by atoms with Crippen molar-refractivity contribution in [1.29, 1.82) is 0 Å². The number of likely N-dealkylation sites (tertiary alicyclic amines) is 1. The third-order valence-corrected chi connectivity index (χ3v) is 7.54. The van der Waals surface area contributed by atoms with Crippen molar-refractivity contribution in [2.75, 3.05) is 13.1 Å². The Morgan fingerprint density at radius 2 is 2.12 bits per heavy atom. The van der Waals surface area contributed by atoms with E-state index >= 15 is 0 Å². The van der Waals surface area contributed by atoms with E-state index in [4.69, 9.17) is 11.6 Å². The number of carbonyl (C=O) groups excluding carboxylic acids is 1. The van der Waals surface area contributed by atoms with E-state index in [1.807, 2.05) is 24.3 Å². The first-order valence-electron chi connectivity index (χ1n) is 11.5. The van der Waals surface area contributed by atoms with Crippen molar-refractivity contribution in [3.63, 3.8) is 0 Å². The Labute approximate surface area is 195 Å². The summed E-state index contributed by atoms with van der Waals surface area (Å²) in [5, 5.41) is 15.4. The Morgan fingerprint density at radius 1 is 1.31 bits per heavy atom. The van der Waals surface area contributed by atoms with Crippen LogP contribution in [-0.2, 0) is 11.3 Å². The van der Waals surface area contributed by atoms with Gasteiger partial charge in [0.25, 0.3) is 0 Å². The largest absolute Gasteiger partial charge is 0.351 e. The number of carbonyl (C=O) groups is 1. The van der Waals surface area contributed by atoms with Gasteiger partial charge in [0.05, 0.1) is 12.1 Å². The van der Waals surface area contributed by atoms with Crippen LogP contribution >= 0.6 is 11.6 Å².